The highest BCUT2D eigenvalue weighted by Crippen LogP contribution is 2.38. The quantitative estimate of drug-likeness (QED) is 0.868. The van der Waals surface area contributed by atoms with Crippen molar-refractivity contribution in [2.75, 3.05) is 5.32 Å². The van der Waals surface area contributed by atoms with Crippen molar-refractivity contribution in [3.05, 3.63) is 45.6 Å². The van der Waals surface area contributed by atoms with Crippen molar-refractivity contribution in [1.29, 1.82) is 0 Å². The van der Waals surface area contributed by atoms with Crippen molar-refractivity contribution in [2.45, 2.75) is 25.7 Å². The van der Waals surface area contributed by atoms with Gasteiger partial charge in [-0.05, 0) is 24.8 Å². The number of carbonyl (C=O) groups is 1. The average Bonchev–Trinajstić information content (AvgIpc) is 2.88. The van der Waals surface area contributed by atoms with Gasteiger partial charge in [-0.25, -0.2) is 9.97 Å². The van der Waals surface area contributed by atoms with Crippen LogP contribution < -0.4 is 10.9 Å². The SMILES string of the molecule is C[C@H]1CCc2c1c(O)c(C(=O)Nc1ncccn1)c(=O)n2C. The fourth-order valence-corrected chi connectivity index (χ4v) is 2.89. The Labute approximate surface area is 126 Å². The third-order valence-electron chi connectivity index (χ3n) is 4.05. The summed E-state index contributed by atoms with van der Waals surface area (Å²) in [4.78, 5) is 32.5. The van der Waals surface area contributed by atoms with Gasteiger partial charge in [-0.2, -0.15) is 0 Å². The summed E-state index contributed by atoms with van der Waals surface area (Å²) in [5.74, 6) is -0.730. The van der Waals surface area contributed by atoms with Crippen LogP contribution in [0.4, 0.5) is 5.95 Å². The molecule has 0 spiro atoms. The summed E-state index contributed by atoms with van der Waals surface area (Å²) in [7, 11) is 1.62. The highest BCUT2D eigenvalue weighted by Gasteiger charge is 2.31. The van der Waals surface area contributed by atoms with Crippen LogP contribution in [0.2, 0.25) is 0 Å². The smallest absolute Gasteiger partial charge is 0.267 e. The molecule has 2 aromatic rings. The summed E-state index contributed by atoms with van der Waals surface area (Å²) in [6.07, 6.45) is 4.53. The van der Waals surface area contributed by atoms with Crippen LogP contribution in [0.15, 0.2) is 23.3 Å². The van der Waals surface area contributed by atoms with Crippen LogP contribution in [0.25, 0.3) is 0 Å². The molecule has 1 atom stereocenters. The van der Waals surface area contributed by atoms with E-state index in [0.29, 0.717) is 5.56 Å². The molecule has 22 heavy (non-hydrogen) atoms. The van der Waals surface area contributed by atoms with E-state index in [1.165, 1.54) is 17.0 Å². The van der Waals surface area contributed by atoms with Gasteiger partial charge in [0, 0.05) is 30.7 Å². The monoisotopic (exact) mass is 300 g/mol. The van der Waals surface area contributed by atoms with Crippen LogP contribution in [0.5, 0.6) is 5.75 Å². The largest absolute Gasteiger partial charge is 0.507 e. The van der Waals surface area contributed by atoms with Crippen molar-refractivity contribution < 1.29 is 9.90 Å². The van der Waals surface area contributed by atoms with Crippen molar-refractivity contribution in [1.82, 2.24) is 14.5 Å². The van der Waals surface area contributed by atoms with Crippen molar-refractivity contribution in [2.24, 2.45) is 7.05 Å². The molecule has 2 aromatic heterocycles. The van der Waals surface area contributed by atoms with Crippen LogP contribution >= 0.6 is 0 Å². The Balaban J connectivity index is 2.08. The van der Waals surface area contributed by atoms with Gasteiger partial charge in [-0.15, -0.1) is 0 Å². The number of carbonyl (C=O) groups excluding carboxylic acids is 1. The topological polar surface area (TPSA) is 97.1 Å². The minimum atomic E-state index is -0.703. The average molecular weight is 300 g/mol. The van der Waals surface area contributed by atoms with Crippen molar-refractivity contribution >= 4 is 11.9 Å². The summed E-state index contributed by atoms with van der Waals surface area (Å²) in [5.41, 5.74) is 0.699. The number of fused-ring (bicyclic) bond motifs is 1. The van der Waals surface area contributed by atoms with Crippen LogP contribution in [0.3, 0.4) is 0 Å². The molecule has 0 fully saturated rings. The molecule has 7 heteroatoms. The molecule has 0 radical (unpaired) electrons. The second-order valence-corrected chi connectivity index (χ2v) is 5.41. The zero-order valence-corrected chi connectivity index (χ0v) is 12.3. The van der Waals surface area contributed by atoms with E-state index in [0.717, 1.165) is 18.5 Å². The second kappa shape index (κ2) is 5.25. The molecule has 1 aliphatic rings. The molecular formula is C15H16N4O3. The van der Waals surface area contributed by atoms with E-state index in [1.807, 2.05) is 6.92 Å². The van der Waals surface area contributed by atoms with E-state index >= 15 is 0 Å². The second-order valence-electron chi connectivity index (χ2n) is 5.41. The van der Waals surface area contributed by atoms with Gasteiger partial charge < -0.3 is 9.67 Å². The third-order valence-corrected chi connectivity index (χ3v) is 4.05. The van der Waals surface area contributed by atoms with E-state index in [-0.39, 0.29) is 23.2 Å². The molecule has 0 aliphatic heterocycles. The van der Waals surface area contributed by atoms with E-state index in [1.54, 1.807) is 13.1 Å². The number of aromatic nitrogens is 3. The molecule has 1 aliphatic carbocycles. The summed E-state index contributed by atoms with van der Waals surface area (Å²) in [6.45, 7) is 1.97. The molecule has 0 unspecified atom stereocenters. The van der Waals surface area contributed by atoms with E-state index in [9.17, 15) is 14.7 Å². The van der Waals surface area contributed by atoms with Gasteiger partial charge in [0.15, 0.2) is 0 Å². The first-order valence-electron chi connectivity index (χ1n) is 7.03. The van der Waals surface area contributed by atoms with Gasteiger partial charge in [-0.1, -0.05) is 6.92 Å². The van der Waals surface area contributed by atoms with Crippen LogP contribution in [-0.2, 0) is 13.5 Å². The Morgan fingerprint density at radius 1 is 1.41 bits per heavy atom. The maximum Gasteiger partial charge on any atom is 0.267 e. The number of rotatable bonds is 2. The fraction of sp³-hybridized carbons (Fsp3) is 0.333. The standard InChI is InChI=1S/C15H16N4O3/c1-8-4-5-9-10(8)12(20)11(14(22)19(9)2)13(21)18-15-16-6-3-7-17-15/h3,6-8,20H,4-5H2,1-2H3,(H,16,17,18,21)/t8-/m0/s1. The number of nitrogens with one attached hydrogen (secondary N) is 1. The first-order chi connectivity index (χ1) is 10.5. The van der Waals surface area contributed by atoms with Crippen LogP contribution in [0, 0.1) is 0 Å². The van der Waals surface area contributed by atoms with Gasteiger partial charge >= 0.3 is 0 Å². The highest BCUT2D eigenvalue weighted by atomic mass is 16.3. The molecule has 3 rings (SSSR count). The molecule has 1 amide bonds. The van der Waals surface area contributed by atoms with Crippen LogP contribution in [-0.4, -0.2) is 25.5 Å². The number of nitrogens with zero attached hydrogens (tertiary/aromatic N) is 3. The fourth-order valence-electron chi connectivity index (χ4n) is 2.89. The summed E-state index contributed by atoms with van der Waals surface area (Å²) < 4.78 is 1.44. The lowest BCUT2D eigenvalue weighted by Gasteiger charge is -2.14. The Kier molecular flexibility index (Phi) is 3.40. The lowest BCUT2D eigenvalue weighted by molar-refractivity contribution is 0.102. The molecule has 0 saturated heterocycles. The first-order valence-corrected chi connectivity index (χ1v) is 7.03. The minimum absolute atomic E-state index is 0.0856. The van der Waals surface area contributed by atoms with E-state index < -0.39 is 11.5 Å². The number of anilines is 1. The predicted octanol–water partition coefficient (Wildman–Crippen LogP) is 1.18. The molecular weight excluding hydrogens is 284 g/mol. The molecule has 0 bridgehead atoms. The number of hydrogen-bond acceptors (Lipinski definition) is 5. The van der Waals surface area contributed by atoms with Gasteiger partial charge in [0.05, 0.1) is 0 Å². The van der Waals surface area contributed by atoms with E-state index in [4.69, 9.17) is 0 Å². The zero-order valence-electron chi connectivity index (χ0n) is 12.3. The summed E-state index contributed by atoms with van der Waals surface area (Å²) in [5, 5.41) is 12.9. The zero-order chi connectivity index (χ0) is 15.9. The number of aromatic hydroxyl groups is 1. The number of amides is 1. The Hall–Kier alpha value is -2.70. The normalized spacial score (nSPS) is 16.4. The lowest BCUT2D eigenvalue weighted by Crippen LogP contribution is -2.30. The van der Waals surface area contributed by atoms with Crippen molar-refractivity contribution in [3.63, 3.8) is 0 Å². The lowest BCUT2D eigenvalue weighted by atomic mass is 10.0. The third kappa shape index (κ3) is 2.14. The predicted molar refractivity (Wildman–Crippen MR) is 80.1 cm³/mol. The molecule has 2 N–H and O–H groups in total. The number of pyridine rings is 1. The molecule has 7 nitrogen and oxygen atoms in total. The van der Waals surface area contributed by atoms with Crippen molar-refractivity contribution in [3.8, 4) is 5.75 Å². The highest BCUT2D eigenvalue weighted by molar-refractivity contribution is 6.05. The molecule has 114 valence electrons. The maximum absolute atomic E-state index is 12.4. The maximum atomic E-state index is 12.4. The van der Waals surface area contributed by atoms with Crippen LogP contribution in [0.1, 0.15) is 40.9 Å². The summed E-state index contributed by atoms with van der Waals surface area (Å²) in [6, 6.07) is 1.61. The summed E-state index contributed by atoms with van der Waals surface area (Å²) >= 11 is 0. The number of hydrogen-bond donors (Lipinski definition) is 2. The first kappa shape index (κ1) is 14.2. The molecule has 0 saturated carbocycles. The Morgan fingerprint density at radius 3 is 2.77 bits per heavy atom. The molecule has 2 heterocycles. The van der Waals surface area contributed by atoms with Gasteiger partial charge in [0.1, 0.15) is 11.3 Å². The van der Waals surface area contributed by atoms with Gasteiger partial charge in [0.2, 0.25) is 5.95 Å². The Morgan fingerprint density at radius 2 is 2.09 bits per heavy atom. The molecule has 0 aromatic carbocycles. The van der Waals surface area contributed by atoms with Gasteiger partial charge in [0.25, 0.3) is 11.5 Å². The Bertz CT molecular complexity index is 799. The van der Waals surface area contributed by atoms with Gasteiger partial charge in [-0.3, -0.25) is 14.9 Å². The minimum Gasteiger partial charge on any atom is -0.507 e. The van der Waals surface area contributed by atoms with E-state index in [2.05, 4.69) is 15.3 Å².